The molecule has 0 aliphatic rings. The molecule has 0 radical (unpaired) electrons. The third-order valence-corrected chi connectivity index (χ3v) is 4.22. The summed E-state index contributed by atoms with van der Waals surface area (Å²) in [5.41, 5.74) is 0. The fourth-order valence-corrected chi connectivity index (χ4v) is 2.80. The number of aliphatic hydroxyl groups excluding tert-OH is 3. The summed E-state index contributed by atoms with van der Waals surface area (Å²) in [7, 11) is 0. The van der Waals surface area contributed by atoms with Crippen LogP contribution in [0.1, 0.15) is 72.1 Å². The molecular formula is C19H38N2O5. The van der Waals surface area contributed by atoms with E-state index in [9.17, 15) is 24.9 Å². The summed E-state index contributed by atoms with van der Waals surface area (Å²) < 4.78 is 0. The first-order chi connectivity index (χ1) is 12.3. The van der Waals surface area contributed by atoms with Crippen molar-refractivity contribution in [3.63, 3.8) is 0 Å². The second-order valence-electron chi connectivity index (χ2n) is 7.38. The molecule has 0 aliphatic carbocycles. The third-order valence-electron chi connectivity index (χ3n) is 4.22. The highest BCUT2D eigenvalue weighted by molar-refractivity contribution is 5.88. The van der Waals surface area contributed by atoms with Crippen molar-refractivity contribution in [3.8, 4) is 0 Å². The van der Waals surface area contributed by atoms with E-state index in [2.05, 4.69) is 17.6 Å². The Morgan fingerprint density at radius 1 is 0.962 bits per heavy atom. The quantitative estimate of drug-likeness (QED) is 0.275. The summed E-state index contributed by atoms with van der Waals surface area (Å²) >= 11 is 0. The minimum atomic E-state index is -1.08. The lowest BCUT2D eigenvalue weighted by molar-refractivity contribution is -0.131. The Kier molecular flexibility index (Phi) is 14.3. The molecule has 0 aliphatic heterocycles. The van der Waals surface area contributed by atoms with Gasteiger partial charge in [-0.1, -0.05) is 52.9 Å². The van der Waals surface area contributed by atoms with Gasteiger partial charge in [-0.05, 0) is 18.8 Å². The zero-order chi connectivity index (χ0) is 19.9. The highest BCUT2D eigenvalue weighted by Crippen LogP contribution is 2.09. The van der Waals surface area contributed by atoms with Gasteiger partial charge in [0.1, 0.15) is 6.04 Å². The third kappa shape index (κ3) is 12.2. The molecule has 0 fully saturated rings. The van der Waals surface area contributed by atoms with Crippen LogP contribution in [0.25, 0.3) is 0 Å². The van der Waals surface area contributed by atoms with Gasteiger partial charge in [-0.3, -0.25) is 9.59 Å². The lowest BCUT2D eigenvalue weighted by atomic mass is 10.0. The maximum Gasteiger partial charge on any atom is 0.245 e. The van der Waals surface area contributed by atoms with E-state index >= 15 is 0 Å². The fourth-order valence-electron chi connectivity index (χ4n) is 2.80. The number of amides is 2. The van der Waals surface area contributed by atoms with E-state index in [1.165, 1.54) is 6.42 Å². The van der Waals surface area contributed by atoms with Crippen molar-refractivity contribution in [2.24, 2.45) is 5.92 Å². The fraction of sp³-hybridized carbons (Fsp3) is 0.895. The van der Waals surface area contributed by atoms with E-state index in [1.807, 2.05) is 13.8 Å². The van der Waals surface area contributed by atoms with Crippen LogP contribution in [0.2, 0.25) is 0 Å². The number of rotatable bonds is 15. The van der Waals surface area contributed by atoms with E-state index in [1.54, 1.807) is 0 Å². The van der Waals surface area contributed by atoms with Gasteiger partial charge < -0.3 is 26.0 Å². The number of carbonyl (C=O) groups is 2. The molecule has 0 aromatic rings. The van der Waals surface area contributed by atoms with Crippen LogP contribution in [0.15, 0.2) is 0 Å². The summed E-state index contributed by atoms with van der Waals surface area (Å²) in [5, 5.41) is 33.7. The molecule has 0 aromatic heterocycles. The number of hydrogen-bond acceptors (Lipinski definition) is 5. The van der Waals surface area contributed by atoms with E-state index in [-0.39, 0.29) is 13.0 Å². The Bertz CT molecular complexity index is 390. The Labute approximate surface area is 157 Å². The Hall–Kier alpha value is -1.18. The standard InChI is InChI=1S/C19H38N2O5/c1-4-5-6-7-8-9-16(24)11-18(25)21-17(13-23)19(26)20-15(12-22)10-14(2)3/h14-17,22-24H,4-13H2,1-3H3,(H,20,26)(H,21,25). The summed E-state index contributed by atoms with van der Waals surface area (Å²) in [4.78, 5) is 24.1. The molecule has 7 heteroatoms. The molecule has 26 heavy (non-hydrogen) atoms. The lowest BCUT2D eigenvalue weighted by Gasteiger charge is -2.22. The van der Waals surface area contributed by atoms with Gasteiger partial charge in [0.05, 0.1) is 31.8 Å². The van der Waals surface area contributed by atoms with Crippen LogP contribution in [0.3, 0.4) is 0 Å². The summed E-state index contributed by atoms with van der Waals surface area (Å²) in [6, 6.07) is -1.50. The first-order valence-corrected chi connectivity index (χ1v) is 9.83. The maximum absolute atomic E-state index is 12.2. The van der Waals surface area contributed by atoms with Gasteiger partial charge in [-0.2, -0.15) is 0 Å². The molecular weight excluding hydrogens is 336 g/mol. The minimum Gasteiger partial charge on any atom is -0.394 e. The molecule has 2 amide bonds. The number of carbonyl (C=O) groups excluding carboxylic acids is 2. The minimum absolute atomic E-state index is 0.0903. The molecule has 154 valence electrons. The molecule has 0 bridgehead atoms. The van der Waals surface area contributed by atoms with Crippen molar-refractivity contribution in [3.05, 3.63) is 0 Å². The van der Waals surface area contributed by atoms with Gasteiger partial charge in [0.15, 0.2) is 0 Å². The molecule has 3 atom stereocenters. The normalized spacial score (nSPS) is 14.7. The highest BCUT2D eigenvalue weighted by Gasteiger charge is 2.23. The average Bonchev–Trinajstić information content (AvgIpc) is 2.58. The monoisotopic (exact) mass is 374 g/mol. The zero-order valence-electron chi connectivity index (χ0n) is 16.5. The molecule has 0 saturated carbocycles. The number of nitrogens with one attached hydrogen (secondary N) is 2. The van der Waals surface area contributed by atoms with Crippen molar-refractivity contribution in [2.45, 2.75) is 90.3 Å². The van der Waals surface area contributed by atoms with Crippen LogP contribution >= 0.6 is 0 Å². The predicted molar refractivity (Wildman–Crippen MR) is 101 cm³/mol. The Morgan fingerprint density at radius 3 is 2.15 bits per heavy atom. The van der Waals surface area contributed by atoms with Crippen LogP contribution < -0.4 is 10.6 Å². The number of hydrogen-bond donors (Lipinski definition) is 5. The van der Waals surface area contributed by atoms with Crippen LogP contribution in [0.4, 0.5) is 0 Å². The maximum atomic E-state index is 12.2. The summed E-state index contributed by atoms with van der Waals surface area (Å²) in [5.74, 6) is -0.707. The van der Waals surface area contributed by atoms with Crippen molar-refractivity contribution in [2.75, 3.05) is 13.2 Å². The van der Waals surface area contributed by atoms with Crippen molar-refractivity contribution in [1.29, 1.82) is 0 Å². The first-order valence-electron chi connectivity index (χ1n) is 9.83. The van der Waals surface area contributed by atoms with Gasteiger partial charge in [0.2, 0.25) is 11.8 Å². The van der Waals surface area contributed by atoms with Gasteiger partial charge in [0, 0.05) is 0 Å². The molecule has 0 rings (SSSR count). The second kappa shape index (κ2) is 14.9. The zero-order valence-corrected chi connectivity index (χ0v) is 16.5. The molecule has 0 spiro atoms. The number of unbranched alkanes of at least 4 members (excludes halogenated alkanes) is 4. The van der Waals surface area contributed by atoms with Crippen LogP contribution in [-0.2, 0) is 9.59 Å². The molecule has 3 unspecified atom stereocenters. The Morgan fingerprint density at radius 2 is 1.62 bits per heavy atom. The van der Waals surface area contributed by atoms with Gasteiger partial charge >= 0.3 is 0 Å². The van der Waals surface area contributed by atoms with Gasteiger partial charge in [-0.25, -0.2) is 0 Å². The Balaban J connectivity index is 4.26. The van der Waals surface area contributed by atoms with Crippen LogP contribution in [0.5, 0.6) is 0 Å². The van der Waals surface area contributed by atoms with Gasteiger partial charge in [-0.15, -0.1) is 0 Å². The van der Waals surface area contributed by atoms with E-state index in [0.29, 0.717) is 18.8 Å². The van der Waals surface area contributed by atoms with Crippen LogP contribution in [0, 0.1) is 5.92 Å². The molecule has 0 saturated heterocycles. The first kappa shape index (κ1) is 24.8. The number of aliphatic hydroxyl groups is 3. The van der Waals surface area contributed by atoms with E-state index in [0.717, 1.165) is 25.7 Å². The molecule has 5 N–H and O–H groups in total. The topological polar surface area (TPSA) is 119 Å². The van der Waals surface area contributed by atoms with Gasteiger partial charge in [0.25, 0.3) is 0 Å². The van der Waals surface area contributed by atoms with Crippen LogP contribution in [-0.4, -0.2) is 58.5 Å². The largest absolute Gasteiger partial charge is 0.394 e. The molecule has 0 heterocycles. The predicted octanol–water partition coefficient (Wildman–Crippen LogP) is 1.10. The lowest BCUT2D eigenvalue weighted by Crippen LogP contribution is -2.52. The molecule has 0 aromatic carbocycles. The van der Waals surface area contributed by atoms with Crippen molar-refractivity contribution >= 4 is 11.8 Å². The average molecular weight is 375 g/mol. The van der Waals surface area contributed by atoms with Crippen molar-refractivity contribution < 1.29 is 24.9 Å². The SMILES string of the molecule is CCCCCCCC(O)CC(=O)NC(CO)C(=O)NC(CO)CC(C)C. The highest BCUT2D eigenvalue weighted by atomic mass is 16.3. The summed E-state index contributed by atoms with van der Waals surface area (Å²) in [6.07, 6.45) is 5.68. The smallest absolute Gasteiger partial charge is 0.245 e. The molecule has 7 nitrogen and oxygen atoms in total. The summed E-state index contributed by atoms with van der Waals surface area (Å²) in [6.45, 7) is 5.35. The van der Waals surface area contributed by atoms with E-state index < -0.39 is 36.6 Å². The van der Waals surface area contributed by atoms with Crippen molar-refractivity contribution in [1.82, 2.24) is 10.6 Å². The van der Waals surface area contributed by atoms with E-state index in [4.69, 9.17) is 0 Å². The second-order valence-corrected chi connectivity index (χ2v) is 7.38.